The minimum Gasteiger partial charge on any atom is -0.329 e. The van der Waals surface area contributed by atoms with E-state index in [1.807, 2.05) is 0 Å². The molecule has 114 valence electrons. The molecule has 0 saturated carbocycles. The molecule has 0 aromatic heterocycles. The van der Waals surface area contributed by atoms with Crippen molar-refractivity contribution >= 4 is 15.9 Å². The van der Waals surface area contributed by atoms with Crippen LogP contribution in [-0.4, -0.2) is 24.0 Å². The molecule has 20 heavy (non-hydrogen) atoms. The molecule has 1 aromatic carbocycles. The fourth-order valence-corrected chi connectivity index (χ4v) is 3.12. The van der Waals surface area contributed by atoms with Crippen LogP contribution in [0.2, 0.25) is 0 Å². The fraction of sp³-hybridized carbons (Fsp3) is 0.647. The zero-order chi connectivity index (χ0) is 15.1. The predicted octanol–water partition coefficient (Wildman–Crippen LogP) is 4.60. The summed E-state index contributed by atoms with van der Waals surface area (Å²) in [5, 5.41) is 0. The Morgan fingerprint density at radius 1 is 1.10 bits per heavy atom. The summed E-state index contributed by atoms with van der Waals surface area (Å²) in [4.78, 5) is 2.61. The first-order chi connectivity index (χ1) is 9.53. The van der Waals surface area contributed by atoms with Crippen molar-refractivity contribution in [3.63, 3.8) is 0 Å². The van der Waals surface area contributed by atoms with Crippen LogP contribution in [0.4, 0.5) is 0 Å². The highest BCUT2D eigenvalue weighted by Gasteiger charge is 2.25. The molecule has 2 nitrogen and oxygen atoms in total. The average molecular weight is 341 g/mol. The standard InChI is InChI=1S/C17H29BrN2/c1-5-16(6-2)20(12-13(3)4)17(11-19)14-7-9-15(18)10-8-14/h7-10,13,16-17H,5-6,11-12,19H2,1-4H3. The van der Waals surface area contributed by atoms with Crippen LogP contribution in [0.25, 0.3) is 0 Å². The molecule has 3 heteroatoms. The third kappa shape index (κ3) is 4.87. The largest absolute Gasteiger partial charge is 0.329 e. The third-order valence-electron chi connectivity index (χ3n) is 3.87. The Bertz CT molecular complexity index is 371. The van der Waals surface area contributed by atoms with E-state index in [1.165, 1.54) is 18.4 Å². The minimum atomic E-state index is 0.315. The summed E-state index contributed by atoms with van der Waals surface area (Å²) in [5.41, 5.74) is 7.44. The zero-order valence-corrected chi connectivity index (χ0v) is 14.9. The molecular formula is C17H29BrN2. The molecule has 0 saturated heterocycles. The maximum atomic E-state index is 6.11. The lowest BCUT2D eigenvalue weighted by Crippen LogP contribution is -2.43. The lowest BCUT2D eigenvalue weighted by atomic mass is 9.99. The van der Waals surface area contributed by atoms with Gasteiger partial charge in [-0.15, -0.1) is 0 Å². The van der Waals surface area contributed by atoms with Gasteiger partial charge in [0.1, 0.15) is 0 Å². The van der Waals surface area contributed by atoms with Gasteiger partial charge in [-0.2, -0.15) is 0 Å². The zero-order valence-electron chi connectivity index (χ0n) is 13.3. The first kappa shape index (κ1) is 17.7. The number of hydrogen-bond donors (Lipinski definition) is 1. The lowest BCUT2D eigenvalue weighted by molar-refractivity contribution is 0.112. The minimum absolute atomic E-state index is 0.315. The second-order valence-electron chi connectivity index (χ2n) is 5.86. The second kappa shape index (κ2) is 8.81. The van der Waals surface area contributed by atoms with Gasteiger partial charge in [0.15, 0.2) is 0 Å². The highest BCUT2D eigenvalue weighted by molar-refractivity contribution is 9.10. The van der Waals surface area contributed by atoms with Gasteiger partial charge in [-0.3, -0.25) is 4.90 Å². The van der Waals surface area contributed by atoms with E-state index in [-0.39, 0.29) is 0 Å². The van der Waals surface area contributed by atoms with Gasteiger partial charge in [0.25, 0.3) is 0 Å². The predicted molar refractivity (Wildman–Crippen MR) is 91.9 cm³/mol. The number of rotatable bonds is 8. The Balaban J connectivity index is 3.03. The second-order valence-corrected chi connectivity index (χ2v) is 6.78. The van der Waals surface area contributed by atoms with Gasteiger partial charge in [-0.05, 0) is 36.5 Å². The highest BCUT2D eigenvalue weighted by Crippen LogP contribution is 2.27. The molecule has 0 aliphatic heterocycles. The van der Waals surface area contributed by atoms with E-state index in [9.17, 15) is 0 Å². The summed E-state index contributed by atoms with van der Waals surface area (Å²) in [5.74, 6) is 0.653. The van der Waals surface area contributed by atoms with E-state index in [0.717, 1.165) is 11.0 Å². The summed E-state index contributed by atoms with van der Waals surface area (Å²) in [6, 6.07) is 9.52. The lowest BCUT2D eigenvalue weighted by Gasteiger charge is -2.38. The Morgan fingerprint density at radius 3 is 2.05 bits per heavy atom. The van der Waals surface area contributed by atoms with Gasteiger partial charge < -0.3 is 5.73 Å². The van der Waals surface area contributed by atoms with Gasteiger partial charge in [0, 0.05) is 29.6 Å². The highest BCUT2D eigenvalue weighted by atomic mass is 79.9. The van der Waals surface area contributed by atoms with E-state index in [0.29, 0.717) is 24.5 Å². The summed E-state index contributed by atoms with van der Waals surface area (Å²) in [6.45, 7) is 10.9. The molecule has 0 aliphatic rings. The molecule has 0 aliphatic carbocycles. The molecule has 0 amide bonds. The SMILES string of the molecule is CCC(CC)N(CC(C)C)C(CN)c1ccc(Br)cc1. The van der Waals surface area contributed by atoms with E-state index in [2.05, 4.69) is 72.8 Å². The normalized spacial score (nSPS) is 13.4. The Hall–Kier alpha value is -0.380. The van der Waals surface area contributed by atoms with Gasteiger partial charge in [0.05, 0.1) is 0 Å². The Labute approximate surface area is 132 Å². The van der Waals surface area contributed by atoms with Gasteiger partial charge in [0.2, 0.25) is 0 Å². The average Bonchev–Trinajstić information content (AvgIpc) is 2.42. The van der Waals surface area contributed by atoms with Gasteiger partial charge in [-0.25, -0.2) is 0 Å². The number of nitrogens with two attached hydrogens (primary N) is 1. The van der Waals surface area contributed by atoms with Crippen molar-refractivity contribution in [3.05, 3.63) is 34.3 Å². The van der Waals surface area contributed by atoms with Crippen molar-refractivity contribution in [1.82, 2.24) is 4.90 Å². The topological polar surface area (TPSA) is 29.3 Å². The van der Waals surface area contributed by atoms with Crippen LogP contribution < -0.4 is 5.73 Å². The van der Waals surface area contributed by atoms with Crippen molar-refractivity contribution in [2.45, 2.75) is 52.6 Å². The van der Waals surface area contributed by atoms with Crippen molar-refractivity contribution in [1.29, 1.82) is 0 Å². The van der Waals surface area contributed by atoms with Crippen LogP contribution in [0.5, 0.6) is 0 Å². The smallest absolute Gasteiger partial charge is 0.0473 e. The maximum absolute atomic E-state index is 6.11. The molecular weight excluding hydrogens is 312 g/mol. The van der Waals surface area contributed by atoms with Crippen LogP contribution in [0, 0.1) is 5.92 Å². The van der Waals surface area contributed by atoms with Gasteiger partial charge >= 0.3 is 0 Å². The molecule has 0 radical (unpaired) electrons. The quantitative estimate of drug-likeness (QED) is 0.749. The molecule has 1 atom stereocenters. The van der Waals surface area contributed by atoms with Crippen molar-refractivity contribution < 1.29 is 0 Å². The monoisotopic (exact) mass is 340 g/mol. The van der Waals surface area contributed by atoms with Crippen molar-refractivity contribution in [2.75, 3.05) is 13.1 Å². The molecule has 1 unspecified atom stereocenters. The number of nitrogens with zero attached hydrogens (tertiary/aromatic N) is 1. The first-order valence-corrected chi connectivity index (χ1v) is 8.53. The van der Waals surface area contributed by atoms with Crippen LogP contribution in [0.1, 0.15) is 52.1 Å². The van der Waals surface area contributed by atoms with Gasteiger partial charge in [-0.1, -0.05) is 55.8 Å². The molecule has 1 rings (SSSR count). The third-order valence-corrected chi connectivity index (χ3v) is 4.39. The van der Waals surface area contributed by atoms with Crippen LogP contribution >= 0.6 is 15.9 Å². The molecule has 2 N–H and O–H groups in total. The van der Waals surface area contributed by atoms with Crippen LogP contribution in [-0.2, 0) is 0 Å². The van der Waals surface area contributed by atoms with E-state index >= 15 is 0 Å². The molecule has 0 heterocycles. The summed E-state index contributed by atoms with van der Waals surface area (Å²) >= 11 is 3.51. The van der Waals surface area contributed by atoms with E-state index in [1.54, 1.807) is 0 Å². The summed E-state index contributed by atoms with van der Waals surface area (Å²) in [6.07, 6.45) is 2.35. The molecule has 0 spiro atoms. The van der Waals surface area contributed by atoms with Crippen molar-refractivity contribution in [2.24, 2.45) is 11.7 Å². The molecule has 0 fully saturated rings. The summed E-state index contributed by atoms with van der Waals surface area (Å²) < 4.78 is 1.12. The number of benzene rings is 1. The molecule has 1 aromatic rings. The number of halogens is 1. The van der Waals surface area contributed by atoms with Crippen molar-refractivity contribution in [3.8, 4) is 0 Å². The first-order valence-electron chi connectivity index (χ1n) is 7.74. The fourth-order valence-electron chi connectivity index (χ4n) is 2.86. The van der Waals surface area contributed by atoms with Crippen LogP contribution in [0.3, 0.4) is 0 Å². The number of hydrogen-bond acceptors (Lipinski definition) is 2. The Kier molecular flexibility index (Phi) is 7.78. The van der Waals surface area contributed by atoms with E-state index in [4.69, 9.17) is 5.73 Å². The summed E-state index contributed by atoms with van der Waals surface area (Å²) in [7, 11) is 0. The van der Waals surface area contributed by atoms with E-state index < -0.39 is 0 Å². The molecule has 0 bridgehead atoms. The Morgan fingerprint density at radius 2 is 1.65 bits per heavy atom. The van der Waals surface area contributed by atoms with Crippen LogP contribution in [0.15, 0.2) is 28.7 Å². The maximum Gasteiger partial charge on any atom is 0.0473 e.